The average Bonchev–Trinajstić information content (AvgIpc) is 2.72. The number of benzene rings is 2. The lowest BCUT2D eigenvalue weighted by Crippen LogP contribution is -3.27. The Bertz CT molecular complexity index is 1020. The number of hydrogen-bond donors (Lipinski definition) is 2. The Morgan fingerprint density at radius 3 is 2.61 bits per heavy atom. The smallest absolute Gasteiger partial charge is 0.282 e. The molecule has 0 aliphatic carbocycles. The van der Waals surface area contributed by atoms with Crippen molar-refractivity contribution in [3.63, 3.8) is 0 Å². The second-order valence-corrected chi connectivity index (χ2v) is 7.56. The monoisotopic (exact) mass is 381 g/mol. The van der Waals surface area contributed by atoms with Crippen LogP contribution in [0.4, 0.5) is 0 Å². The molecule has 2 heterocycles. The van der Waals surface area contributed by atoms with Crippen LogP contribution in [0.15, 0.2) is 47.3 Å². The van der Waals surface area contributed by atoms with E-state index in [1.165, 1.54) is 20.7 Å². The van der Waals surface area contributed by atoms with E-state index in [4.69, 9.17) is 4.74 Å². The molecule has 146 valence electrons. The van der Waals surface area contributed by atoms with Gasteiger partial charge in [-0.2, -0.15) is 4.68 Å². The second-order valence-electron chi connectivity index (χ2n) is 7.56. The van der Waals surface area contributed by atoms with E-state index < -0.39 is 0 Å². The molecule has 0 saturated carbocycles. The molecule has 1 saturated heterocycles. The highest BCUT2D eigenvalue weighted by atomic mass is 16.5. The molecule has 7 nitrogen and oxygen atoms in total. The Labute approximate surface area is 164 Å². The van der Waals surface area contributed by atoms with Crippen molar-refractivity contribution in [1.29, 1.82) is 0 Å². The third kappa shape index (κ3) is 3.90. The number of aryl methyl sites for hydroxylation is 1. The summed E-state index contributed by atoms with van der Waals surface area (Å²) in [6.07, 6.45) is 0. The number of aromatic nitrogens is 3. The van der Waals surface area contributed by atoms with Gasteiger partial charge in [-0.3, -0.25) is 4.79 Å². The molecule has 28 heavy (non-hydrogen) atoms. The molecule has 0 amide bonds. The number of quaternary nitrogens is 2. The normalized spacial score (nSPS) is 19.6. The van der Waals surface area contributed by atoms with Gasteiger partial charge in [0.05, 0.1) is 12.5 Å². The van der Waals surface area contributed by atoms with E-state index in [2.05, 4.69) is 35.4 Å². The lowest BCUT2D eigenvalue weighted by atomic mass is 10.1. The minimum Gasteiger partial charge on any atom is -0.496 e. The van der Waals surface area contributed by atoms with Crippen LogP contribution < -0.4 is 20.1 Å². The van der Waals surface area contributed by atoms with Crippen molar-refractivity contribution in [2.45, 2.75) is 20.1 Å². The van der Waals surface area contributed by atoms with Gasteiger partial charge in [0.15, 0.2) is 6.67 Å². The number of hydrogen-bond acceptors (Lipinski definition) is 4. The molecule has 0 radical (unpaired) electrons. The summed E-state index contributed by atoms with van der Waals surface area (Å²) in [6, 6.07) is 13.7. The van der Waals surface area contributed by atoms with Crippen molar-refractivity contribution in [2.75, 3.05) is 33.3 Å². The maximum Gasteiger partial charge on any atom is 0.282 e. The SMILES string of the molecule is COc1ccc(C)cc1C[NH+]1CC[NH+](Cn2nnc3ccccc3c2=O)CC1. The zero-order valence-corrected chi connectivity index (χ0v) is 16.4. The summed E-state index contributed by atoms with van der Waals surface area (Å²) >= 11 is 0. The number of rotatable bonds is 5. The molecule has 0 bridgehead atoms. The van der Waals surface area contributed by atoms with E-state index >= 15 is 0 Å². The van der Waals surface area contributed by atoms with Crippen molar-refractivity contribution >= 4 is 10.9 Å². The summed E-state index contributed by atoms with van der Waals surface area (Å²) < 4.78 is 7.02. The highest BCUT2D eigenvalue weighted by Crippen LogP contribution is 2.18. The van der Waals surface area contributed by atoms with Gasteiger partial charge in [-0.1, -0.05) is 29.0 Å². The van der Waals surface area contributed by atoms with Crippen LogP contribution in [0.2, 0.25) is 0 Å². The predicted octanol–water partition coefficient (Wildman–Crippen LogP) is -0.950. The van der Waals surface area contributed by atoms with Gasteiger partial charge in [0.25, 0.3) is 5.56 Å². The molecule has 1 aliphatic heterocycles. The van der Waals surface area contributed by atoms with E-state index in [-0.39, 0.29) is 5.56 Å². The third-order valence-corrected chi connectivity index (χ3v) is 5.54. The summed E-state index contributed by atoms with van der Waals surface area (Å²) in [6.45, 7) is 7.77. The molecule has 1 aliphatic rings. The average molecular weight is 381 g/mol. The summed E-state index contributed by atoms with van der Waals surface area (Å²) in [7, 11) is 1.73. The molecule has 1 fully saturated rings. The van der Waals surface area contributed by atoms with E-state index in [0.717, 1.165) is 38.5 Å². The first-order chi connectivity index (χ1) is 13.6. The van der Waals surface area contributed by atoms with Gasteiger partial charge in [0.1, 0.15) is 44.0 Å². The van der Waals surface area contributed by atoms with Gasteiger partial charge < -0.3 is 14.5 Å². The van der Waals surface area contributed by atoms with Crippen LogP contribution in [-0.2, 0) is 13.2 Å². The Morgan fingerprint density at radius 2 is 1.82 bits per heavy atom. The number of methoxy groups -OCH3 is 1. The first-order valence-electron chi connectivity index (χ1n) is 9.77. The number of fused-ring (bicyclic) bond motifs is 1. The fourth-order valence-electron chi connectivity index (χ4n) is 3.95. The van der Waals surface area contributed by atoms with E-state index in [0.29, 0.717) is 17.6 Å². The Hall–Kier alpha value is -2.77. The highest BCUT2D eigenvalue weighted by molar-refractivity contribution is 5.76. The van der Waals surface area contributed by atoms with Crippen LogP contribution in [0, 0.1) is 6.92 Å². The zero-order chi connectivity index (χ0) is 19.5. The standard InChI is InChI=1S/C21H25N5O2/c1-16-7-8-20(28-2)17(13-16)14-24-9-11-25(12-10-24)15-26-21(27)18-5-3-4-6-19(18)22-23-26/h3-8,13H,9-12,14-15H2,1-2H3/p+2. The molecule has 0 spiro atoms. The molecule has 2 N–H and O–H groups in total. The van der Waals surface area contributed by atoms with Crippen LogP contribution in [-0.4, -0.2) is 48.3 Å². The lowest BCUT2D eigenvalue weighted by Gasteiger charge is -2.29. The molecule has 3 aromatic rings. The van der Waals surface area contributed by atoms with Gasteiger partial charge in [0.2, 0.25) is 0 Å². The van der Waals surface area contributed by atoms with Gasteiger partial charge in [-0.25, -0.2) is 0 Å². The largest absolute Gasteiger partial charge is 0.496 e. The Morgan fingerprint density at radius 1 is 1.07 bits per heavy atom. The fourth-order valence-corrected chi connectivity index (χ4v) is 3.95. The van der Waals surface area contributed by atoms with E-state index in [9.17, 15) is 4.79 Å². The lowest BCUT2D eigenvalue weighted by molar-refractivity contribution is -1.03. The molecule has 2 aromatic carbocycles. The van der Waals surface area contributed by atoms with E-state index in [1.54, 1.807) is 12.0 Å². The highest BCUT2D eigenvalue weighted by Gasteiger charge is 2.25. The first kappa shape index (κ1) is 18.6. The zero-order valence-electron chi connectivity index (χ0n) is 16.4. The quantitative estimate of drug-likeness (QED) is 0.598. The van der Waals surface area contributed by atoms with Crippen molar-refractivity contribution in [3.05, 3.63) is 63.9 Å². The number of nitrogens with zero attached hydrogens (tertiary/aromatic N) is 3. The number of ether oxygens (including phenoxy) is 1. The van der Waals surface area contributed by atoms with Crippen molar-refractivity contribution in [1.82, 2.24) is 15.0 Å². The van der Waals surface area contributed by atoms with Crippen LogP contribution in [0.5, 0.6) is 5.75 Å². The number of nitrogens with one attached hydrogen (secondary N) is 2. The molecule has 0 unspecified atom stereocenters. The summed E-state index contributed by atoms with van der Waals surface area (Å²) in [5.74, 6) is 0.964. The predicted molar refractivity (Wildman–Crippen MR) is 107 cm³/mol. The maximum atomic E-state index is 12.6. The molecule has 1 aromatic heterocycles. The fraction of sp³-hybridized carbons (Fsp3) is 0.381. The van der Waals surface area contributed by atoms with Crippen LogP contribution in [0.1, 0.15) is 11.1 Å². The molecular weight excluding hydrogens is 354 g/mol. The number of piperazine rings is 1. The van der Waals surface area contributed by atoms with Crippen molar-refractivity contribution in [2.24, 2.45) is 0 Å². The van der Waals surface area contributed by atoms with Gasteiger partial charge >= 0.3 is 0 Å². The van der Waals surface area contributed by atoms with Gasteiger partial charge in [0, 0.05) is 5.56 Å². The topological polar surface area (TPSA) is 65.9 Å². The summed E-state index contributed by atoms with van der Waals surface area (Å²) in [4.78, 5) is 15.6. The van der Waals surface area contributed by atoms with Crippen LogP contribution in [0.3, 0.4) is 0 Å². The Balaban J connectivity index is 1.39. The molecule has 4 rings (SSSR count). The Kier molecular flexibility index (Phi) is 5.36. The summed E-state index contributed by atoms with van der Waals surface area (Å²) in [5, 5.41) is 8.95. The third-order valence-electron chi connectivity index (χ3n) is 5.54. The van der Waals surface area contributed by atoms with Crippen LogP contribution in [0.25, 0.3) is 10.9 Å². The van der Waals surface area contributed by atoms with Crippen molar-refractivity contribution in [3.8, 4) is 5.75 Å². The summed E-state index contributed by atoms with van der Waals surface area (Å²) in [5.41, 5.74) is 3.11. The minimum atomic E-state index is -0.0580. The molecular formula is C21H27N5O2+2. The van der Waals surface area contributed by atoms with Gasteiger partial charge in [-0.05, 0) is 31.2 Å². The van der Waals surface area contributed by atoms with Crippen LogP contribution >= 0.6 is 0 Å². The van der Waals surface area contributed by atoms with Crippen molar-refractivity contribution < 1.29 is 14.5 Å². The second kappa shape index (κ2) is 8.08. The molecule has 0 atom stereocenters. The molecule has 7 heteroatoms. The first-order valence-corrected chi connectivity index (χ1v) is 9.77. The minimum absolute atomic E-state index is 0.0580. The van der Waals surface area contributed by atoms with Gasteiger partial charge in [-0.15, -0.1) is 5.10 Å². The van der Waals surface area contributed by atoms with E-state index in [1.807, 2.05) is 24.3 Å². The maximum absolute atomic E-state index is 12.6.